The molecule has 1 aromatic rings. The minimum absolute atomic E-state index is 0. The number of ether oxygens (including phenoxy) is 1. The summed E-state index contributed by atoms with van der Waals surface area (Å²) in [6, 6.07) is 2.00. The summed E-state index contributed by atoms with van der Waals surface area (Å²) in [5.74, 6) is -0.740. The first kappa shape index (κ1) is 14.7. The second kappa shape index (κ2) is 5.67. The first-order valence-corrected chi connectivity index (χ1v) is 4.15. The standard InChI is InChI=1S/C6H5BF3O2S.K/c1-12-6(11)4-2-3-5(13-4)7(8,9)10;/h2-3H,1H3;/q-1;+1. The molecule has 0 atom stereocenters. The number of methoxy groups -OCH3 is 1. The predicted octanol–water partition coefficient (Wildman–Crippen LogP) is -1.41. The molecule has 0 N–H and O–H groups in total. The minimum atomic E-state index is -5.01. The molecule has 1 heterocycles. The Balaban J connectivity index is 0.00000169. The third-order valence-electron chi connectivity index (χ3n) is 1.34. The van der Waals surface area contributed by atoms with Crippen LogP contribution in [0.25, 0.3) is 0 Å². The van der Waals surface area contributed by atoms with E-state index >= 15 is 0 Å². The van der Waals surface area contributed by atoms with E-state index in [0.29, 0.717) is 11.3 Å². The van der Waals surface area contributed by atoms with Crippen LogP contribution in [0.2, 0.25) is 0 Å². The first-order chi connectivity index (χ1) is 5.95. The molecule has 0 saturated heterocycles. The quantitative estimate of drug-likeness (QED) is 0.475. The average molecular weight is 248 g/mol. The molecule has 0 spiro atoms. The van der Waals surface area contributed by atoms with Gasteiger partial charge in [0.25, 0.3) is 0 Å². The molecule has 72 valence electrons. The number of carbonyl (C=O) groups excluding carboxylic acids is 1. The van der Waals surface area contributed by atoms with Crippen molar-refractivity contribution in [1.29, 1.82) is 0 Å². The number of thiophene rings is 1. The normalized spacial score (nSPS) is 10.6. The van der Waals surface area contributed by atoms with Gasteiger partial charge in [-0.25, -0.2) is 4.79 Å². The van der Waals surface area contributed by atoms with E-state index in [1.165, 1.54) is 0 Å². The van der Waals surface area contributed by atoms with Gasteiger partial charge < -0.3 is 17.7 Å². The number of rotatable bonds is 2. The number of hydrogen-bond donors (Lipinski definition) is 0. The van der Waals surface area contributed by atoms with Crippen molar-refractivity contribution in [2.45, 2.75) is 0 Å². The van der Waals surface area contributed by atoms with Crippen LogP contribution in [-0.2, 0) is 4.74 Å². The molecule has 0 fully saturated rings. The van der Waals surface area contributed by atoms with Crippen LogP contribution in [0.4, 0.5) is 12.9 Å². The fraction of sp³-hybridized carbons (Fsp3) is 0.167. The van der Waals surface area contributed by atoms with Gasteiger partial charge in [-0.3, -0.25) is 0 Å². The number of esters is 1. The van der Waals surface area contributed by atoms with Crippen LogP contribution in [0, 0.1) is 0 Å². The van der Waals surface area contributed by atoms with E-state index in [1.54, 1.807) is 0 Å². The summed E-state index contributed by atoms with van der Waals surface area (Å²) in [5.41, 5.74) is 0. The summed E-state index contributed by atoms with van der Waals surface area (Å²) in [6.45, 7) is -5.01. The average Bonchev–Trinajstić information content (AvgIpc) is 2.50. The van der Waals surface area contributed by atoms with Gasteiger partial charge in [0.05, 0.1) is 7.11 Å². The smallest absolute Gasteiger partial charge is 0.465 e. The van der Waals surface area contributed by atoms with Crippen molar-refractivity contribution in [2.24, 2.45) is 0 Å². The Hall–Kier alpha value is 0.661. The SMILES string of the molecule is COC(=O)c1ccc([B-](F)(F)F)s1.[K+]. The maximum Gasteiger partial charge on any atom is 1.00 e. The molecule has 8 heteroatoms. The topological polar surface area (TPSA) is 26.3 Å². The van der Waals surface area contributed by atoms with E-state index in [2.05, 4.69) is 4.74 Å². The van der Waals surface area contributed by atoms with E-state index in [1.807, 2.05) is 0 Å². The summed E-state index contributed by atoms with van der Waals surface area (Å²) in [5, 5.41) is 0. The van der Waals surface area contributed by atoms with Gasteiger partial charge in [-0.1, -0.05) is 10.8 Å². The zero-order valence-electron chi connectivity index (χ0n) is 7.59. The van der Waals surface area contributed by atoms with Crippen LogP contribution in [-0.4, -0.2) is 20.1 Å². The van der Waals surface area contributed by atoms with Gasteiger partial charge >= 0.3 is 64.3 Å². The molecule has 0 aliphatic rings. The number of hydrogen-bond acceptors (Lipinski definition) is 3. The summed E-state index contributed by atoms with van der Waals surface area (Å²) in [7, 11) is 1.13. The van der Waals surface area contributed by atoms with E-state index in [4.69, 9.17) is 0 Å². The van der Waals surface area contributed by atoms with Crippen LogP contribution >= 0.6 is 11.3 Å². The van der Waals surface area contributed by atoms with Crippen LogP contribution in [0.1, 0.15) is 9.67 Å². The molecule has 0 aliphatic heterocycles. The molecule has 0 saturated carbocycles. The molecule has 1 aromatic heterocycles. The molecular formula is C6H5BF3KO2S. The maximum absolute atomic E-state index is 12.1. The largest absolute Gasteiger partial charge is 1.00 e. The molecule has 1 rings (SSSR count). The van der Waals surface area contributed by atoms with Gasteiger partial charge in [-0.05, 0) is 6.07 Å². The van der Waals surface area contributed by atoms with Crippen LogP contribution in [0.3, 0.4) is 0 Å². The molecule has 0 radical (unpaired) electrons. The predicted molar refractivity (Wildman–Crippen MR) is 44.4 cm³/mol. The van der Waals surface area contributed by atoms with E-state index in [-0.39, 0.29) is 56.3 Å². The van der Waals surface area contributed by atoms with Gasteiger partial charge in [-0.2, -0.15) is 11.3 Å². The zero-order chi connectivity index (χ0) is 10.1. The molecule has 2 nitrogen and oxygen atoms in total. The summed E-state index contributed by atoms with van der Waals surface area (Å²) >= 11 is 0.401. The number of carbonyl (C=O) groups is 1. The second-order valence-corrected chi connectivity index (χ2v) is 3.38. The van der Waals surface area contributed by atoms with Crippen molar-refractivity contribution in [3.8, 4) is 0 Å². The Labute approximate surface area is 125 Å². The van der Waals surface area contributed by atoms with Crippen molar-refractivity contribution in [3.05, 3.63) is 17.0 Å². The fourth-order valence-corrected chi connectivity index (χ4v) is 1.57. The molecule has 0 aliphatic carbocycles. The third kappa shape index (κ3) is 3.67. The Morgan fingerprint density at radius 3 is 2.36 bits per heavy atom. The Morgan fingerprint density at radius 2 is 2.00 bits per heavy atom. The summed E-state index contributed by atoms with van der Waals surface area (Å²) in [6.07, 6.45) is 0. The van der Waals surface area contributed by atoms with Gasteiger partial charge in [0.1, 0.15) is 4.88 Å². The Morgan fingerprint density at radius 1 is 1.43 bits per heavy atom. The Kier molecular flexibility index (Phi) is 5.93. The van der Waals surface area contributed by atoms with Crippen molar-refractivity contribution in [1.82, 2.24) is 0 Å². The van der Waals surface area contributed by atoms with Crippen LogP contribution in [0.5, 0.6) is 0 Å². The van der Waals surface area contributed by atoms with Crippen LogP contribution < -0.4 is 56.2 Å². The molecule has 0 unspecified atom stereocenters. The molecular weight excluding hydrogens is 243 g/mol. The van der Waals surface area contributed by atoms with Gasteiger partial charge in [0, 0.05) is 0 Å². The third-order valence-corrected chi connectivity index (χ3v) is 2.50. The van der Waals surface area contributed by atoms with E-state index < -0.39 is 17.7 Å². The number of halogens is 3. The van der Waals surface area contributed by atoms with Crippen LogP contribution in [0.15, 0.2) is 12.1 Å². The zero-order valence-corrected chi connectivity index (χ0v) is 11.5. The van der Waals surface area contributed by atoms with Crippen molar-refractivity contribution in [3.63, 3.8) is 0 Å². The molecule has 0 aromatic carbocycles. The molecule has 0 bridgehead atoms. The minimum Gasteiger partial charge on any atom is -0.465 e. The summed E-state index contributed by atoms with van der Waals surface area (Å²) in [4.78, 5) is 10.8. The van der Waals surface area contributed by atoms with Gasteiger partial charge in [-0.15, -0.1) is 0 Å². The second-order valence-electron chi connectivity index (χ2n) is 2.27. The fourth-order valence-electron chi connectivity index (χ4n) is 0.739. The molecule has 14 heavy (non-hydrogen) atoms. The van der Waals surface area contributed by atoms with E-state index in [0.717, 1.165) is 19.2 Å². The molecule has 0 amide bonds. The van der Waals surface area contributed by atoms with Crippen molar-refractivity contribution in [2.75, 3.05) is 7.11 Å². The Bertz CT molecular complexity index is 325. The maximum atomic E-state index is 12.1. The first-order valence-electron chi connectivity index (χ1n) is 3.33. The van der Waals surface area contributed by atoms with Gasteiger partial charge in [0.15, 0.2) is 0 Å². The summed E-state index contributed by atoms with van der Waals surface area (Å²) < 4.78 is 39.8. The van der Waals surface area contributed by atoms with Crippen molar-refractivity contribution >= 4 is 29.1 Å². The van der Waals surface area contributed by atoms with E-state index in [9.17, 15) is 17.7 Å². The van der Waals surface area contributed by atoms with Crippen molar-refractivity contribution < 1.29 is 73.9 Å². The monoisotopic (exact) mass is 248 g/mol. The van der Waals surface area contributed by atoms with Gasteiger partial charge in [0.2, 0.25) is 0 Å².